The molecule has 3 heteroatoms. The molecule has 0 saturated heterocycles. The molecule has 9 aromatic carbocycles. The summed E-state index contributed by atoms with van der Waals surface area (Å²) >= 11 is 0. The second-order valence-electron chi connectivity index (χ2n) is 15.0. The smallest absolute Gasteiger partial charge is 0.0541 e. The summed E-state index contributed by atoms with van der Waals surface area (Å²) in [5.74, 6) is 0. The van der Waals surface area contributed by atoms with Gasteiger partial charge in [-0.2, -0.15) is 0 Å². The third kappa shape index (κ3) is 4.86. The van der Waals surface area contributed by atoms with Gasteiger partial charge >= 0.3 is 0 Å². The lowest BCUT2D eigenvalue weighted by Crippen LogP contribution is -1.98. The van der Waals surface area contributed by atoms with Crippen LogP contribution in [0.15, 0.2) is 212 Å². The van der Waals surface area contributed by atoms with Crippen LogP contribution in [0.5, 0.6) is 0 Å². The van der Waals surface area contributed by atoms with E-state index in [-0.39, 0.29) is 0 Å². The second kappa shape index (κ2) is 12.5. The molecule has 0 saturated carbocycles. The number of aromatic nitrogens is 3. The van der Waals surface area contributed by atoms with Crippen LogP contribution >= 0.6 is 0 Å². The SMILES string of the molecule is c1ccc(-c2ccc3c(c2)c2cc(-c4ccc(-n5c6ccccc6c6ccccc65)cc4)ccc2n3-c2cccc(-n3c4ccccc4c4ccccc43)c2)cc1. The lowest BCUT2D eigenvalue weighted by Gasteiger charge is -2.13. The standard InChI is InChI=1S/C54H35N3/c1-2-13-36(14-3-1)38-27-31-53-47(33-38)48-34-39(37-25-29-40(30-26-37)55-49-21-8-4-17-43(49)44-18-5-9-22-50(44)55)28-32-54(48)57(53)42-16-12-15-41(35-42)56-51-23-10-6-19-45(51)46-20-7-11-24-52(46)56/h1-35H. The molecule has 0 bridgehead atoms. The largest absolute Gasteiger partial charge is 0.309 e. The summed E-state index contributed by atoms with van der Waals surface area (Å²) in [6.45, 7) is 0. The lowest BCUT2D eigenvalue weighted by atomic mass is 10.00. The predicted molar refractivity (Wildman–Crippen MR) is 240 cm³/mol. The fourth-order valence-corrected chi connectivity index (χ4v) is 9.27. The van der Waals surface area contributed by atoms with Crippen molar-refractivity contribution in [2.24, 2.45) is 0 Å². The maximum atomic E-state index is 2.44. The molecule has 0 atom stereocenters. The second-order valence-corrected chi connectivity index (χ2v) is 15.0. The van der Waals surface area contributed by atoms with Crippen LogP contribution in [0.1, 0.15) is 0 Å². The monoisotopic (exact) mass is 725 g/mol. The van der Waals surface area contributed by atoms with Gasteiger partial charge in [0, 0.05) is 49.4 Å². The Hall–Kier alpha value is -7.62. The third-order valence-corrected chi connectivity index (χ3v) is 11.8. The predicted octanol–water partition coefficient (Wildman–Crippen LogP) is 14.3. The fraction of sp³-hybridized carbons (Fsp3) is 0. The highest BCUT2D eigenvalue weighted by atomic mass is 15.0. The number of nitrogens with zero attached hydrogens (tertiary/aromatic N) is 3. The van der Waals surface area contributed by atoms with Crippen molar-refractivity contribution in [3.63, 3.8) is 0 Å². The van der Waals surface area contributed by atoms with Gasteiger partial charge in [0.05, 0.1) is 33.1 Å². The van der Waals surface area contributed by atoms with Crippen LogP contribution in [0, 0.1) is 0 Å². The van der Waals surface area contributed by atoms with Gasteiger partial charge in [-0.25, -0.2) is 0 Å². The van der Waals surface area contributed by atoms with Crippen molar-refractivity contribution in [1.29, 1.82) is 0 Å². The highest BCUT2D eigenvalue weighted by Gasteiger charge is 2.18. The minimum Gasteiger partial charge on any atom is -0.309 e. The Labute approximate surface area is 329 Å². The molecular formula is C54H35N3. The van der Waals surface area contributed by atoms with Gasteiger partial charge in [0.2, 0.25) is 0 Å². The molecule has 0 aliphatic rings. The van der Waals surface area contributed by atoms with E-state index in [1.807, 2.05) is 0 Å². The molecule has 0 N–H and O–H groups in total. The molecule has 266 valence electrons. The van der Waals surface area contributed by atoms with Crippen molar-refractivity contribution in [2.75, 3.05) is 0 Å². The van der Waals surface area contributed by atoms with Crippen molar-refractivity contribution < 1.29 is 0 Å². The van der Waals surface area contributed by atoms with Gasteiger partial charge in [0.1, 0.15) is 0 Å². The van der Waals surface area contributed by atoms with Gasteiger partial charge in [0.15, 0.2) is 0 Å². The summed E-state index contributed by atoms with van der Waals surface area (Å²) in [6.07, 6.45) is 0. The molecule has 0 aliphatic heterocycles. The van der Waals surface area contributed by atoms with Crippen molar-refractivity contribution in [2.45, 2.75) is 0 Å². The van der Waals surface area contributed by atoms with Crippen LogP contribution in [0.25, 0.3) is 105 Å². The average molecular weight is 726 g/mol. The molecule has 57 heavy (non-hydrogen) atoms. The minimum atomic E-state index is 1.13. The summed E-state index contributed by atoms with van der Waals surface area (Å²) in [7, 11) is 0. The number of rotatable bonds is 5. The van der Waals surface area contributed by atoms with Gasteiger partial charge in [-0.05, 0) is 101 Å². The number of fused-ring (bicyclic) bond motifs is 9. The van der Waals surface area contributed by atoms with E-state index in [9.17, 15) is 0 Å². The zero-order valence-electron chi connectivity index (χ0n) is 31.0. The molecule has 3 heterocycles. The van der Waals surface area contributed by atoms with E-state index >= 15 is 0 Å². The minimum absolute atomic E-state index is 1.13. The molecule has 0 aliphatic carbocycles. The van der Waals surface area contributed by atoms with Gasteiger partial charge in [0.25, 0.3) is 0 Å². The number of hydrogen-bond donors (Lipinski definition) is 0. The molecule has 12 rings (SSSR count). The first kappa shape index (κ1) is 31.7. The zero-order chi connectivity index (χ0) is 37.5. The van der Waals surface area contributed by atoms with E-state index < -0.39 is 0 Å². The fourth-order valence-electron chi connectivity index (χ4n) is 9.27. The van der Waals surface area contributed by atoms with Gasteiger partial charge in [-0.3, -0.25) is 0 Å². The van der Waals surface area contributed by atoms with Gasteiger partial charge in [-0.15, -0.1) is 0 Å². The Bertz CT molecular complexity index is 3400. The van der Waals surface area contributed by atoms with Gasteiger partial charge < -0.3 is 13.7 Å². The van der Waals surface area contributed by atoms with Crippen molar-refractivity contribution in [3.05, 3.63) is 212 Å². The molecule has 0 unspecified atom stereocenters. The summed E-state index contributed by atoms with van der Waals surface area (Å²) in [6, 6.07) is 77.5. The first-order chi connectivity index (χ1) is 28.3. The van der Waals surface area contributed by atoms with Crippen molar-refractivity contribution in [3.8, 4) is 39.3 Å². The van der Waals surface area contributed by atoms with Crippen LogP contribution in [-0.4, -0.2) is 13.7 Å². The summed E-state index contributed by atoms with van der Waals surface area (Å²) < 4.78 is 7.21. The molecular weight excluding hydrogens is 691 g/mol. The molecule has 0 radical (unpaired) electrons. The zero-order valence-corrected chi connectivity index (χ0v) is 31.0. The van der Waals surface area contributed by atoms with E-state index in [4.69, 9.17) is 0 Å². The highest BCUT2D eigenvalue weighted by Crippen LogP contribution is 2.39. The number of benzene rings is 9. The van der Waals surface area contributed by atoms with Crippen LogP contribution in [0.2, 0.25) is 0 Å². The molecule has 3 nitrogen and oxygen atoms in total. The van der Waals surface area contributed by atoms with Gasteiger partial charge in [-0.1, -0.05) is 133 Å². The van der Waals surface area contributed by atoms with E-state index in [1.54, 1.807) is 0 Å². The Morgan fingerprint density at radius 1 is 0.193 bits per heavy atom. The topological polar surface area (TPSA) is 14.8 Å². The molecule has 0 fully saturated rings. The summed E-state index contributed by atoms with van der Waals surface area (Å²) in [4.78, 5) is 0. The maximum Gasteiger partial charge on any atom is 0.0541 e. The van der Waals surface area contributed by atoms with Crippen LogP contribution < -0.4 is 0 Å². The molecule has 0 amide bonds. The van der Waals surface area contributed by atoms with E-state index in [1.165, 1.54) is 87.7 Å². The third-order valence-electron chi connectivity index (χ3n) is 11.8. The van der Waals surface area contributed by atoms with E-state index in [0.717, 1.165) is 17.1 Å². The number of para-hydroxylation sites is 4. The highest BCUT2D eigenvalue weighted by molar-refractivity contribution is 6.13. The Kier molecular flexibility index (Phi) is 6.93. The van der Waals surface area contributed by atoms with E-state index in [0.29, 0.717) is 0 Å². The maximum absolute atomic E-state index is 2.44. The van der Waals surface area contributed by atoms with Crippen LogP contribution in [-0.2, 0) is 0 Å². The molecule has 3 aromatic heterocycles. The Morgan fingerprint density at radius 3 is 1.00 bits per heavy atom. The summed E-state index contributed by atoms with van der Waals surface area (Å²) in [5, 5.41) is 7.54. The Balaban J connectivity index is 1.03. The normalized spacial score (nSPS) is 11.9. The van der Waals surface area contributed by atoms with Crippen LogP contribution in [0.3, 0.4) is 0 Å². The van der Waals surface area contributed by atoms with Crippen LogP contribution in [0.4, 0.5) is 0 Å². The van der Waals surface area contributed by atoms with Crippen molar-refractivity contribution in [1.82, 2.24) is 13.7 Å². The average Bonchev–Trinajstić information content (AvgIpc) is 3.92. The first-order valence-corrected chi connectivity index (χ1v) is 19.6. The summed E-state index contributed by atoms with van der Waals surface area (Å²) in [5.41, 5.74) is 15.5. The van der Waals surface area contributed by atoms with Crippen molar-refractivity contribution >= 4 is 65.4 Å². The quantitative estimate of drug-likeness (QED) is 0.168. The first-order valence-electron chi connectivity index (χ1n) is 19.6. The Morgan fingerprint density at radius 2 is 0.544 bits per heavy atom. The molecule has 12 aromatic rings. The van der Waals surface area contributed by atoms with E-state index in [2.05, 4.69) is 226 Å². The molecule has 0 spiro atoms. The lowest BCUT2D eigenvalue weighted by molar-refractivity contribution is 1.13. The number of hydrogen-bond acceptors (Lipinski definition) is 0.